The van der Waals surface area contributed by atoms with E-state index in [-0.39, 0.29) is 0 Å². The Morgan fingerprint density at radius 3 is 3.07 bits per heavy atom. The molecule has 0 unspecified atom stereocenters. The van der Waals surface area contributed by atoms with Gasteiger partial charge in [-0.05, 0) is 34.2 Å². The molecule has 0 aliphatic carbocycles. The van der Waals surface area contributed by atoms with Crippen LogP contribution in [0.25, 0.3) is 0 Å². The predicted octanol–water partition coefficient (Wildman–Crippen LogP) is 2.37. The second-order valence-corrected chi connectivity index (χ2v) is 5.61. The third-order valence-corrected chi connectivity index (χ3v) is 4.00. The van der Waals surface area contributed by atoms with Gasteiger partial charge in [-0.25, -0.2) is 4.98 Å². The standard InChI is InChI=1S/C10H14BrN3S/c11-9-6-8(12)7-13-10(9)14-2-1-4-15-5-3-14/h6-7H,1-5,12H2. The molecular formula is C10H14BrN3S. The fraction of sp³-hybridized carbons (Fsp3) is 0.500. The average molecular weight is 288 g/mol. The van der Waals surface area contributed by atoms with E-state index >= 15 is 0 Å². The minimum absolute atomic E-state index is 0.704. The number of nitrogens with zero attached hydrogens (tertiary/aromatic N) is 2. The first-order chi connectivity index (χ1) is 7.27. The Bertz CT molecular complexity index is 337. The number of halogens is 1. The molecule has 3 nitrogen and oxygen atoms in total. The highest BCUT2D eigenvalue weighted by Gasteiger charge is 2.13. The van der Waals surface area contributed by atoms with Gasteiger partial charge >= 0.3 is 0 Å². The smallest absolute Gasteiger partial charge is 0.143 e. The van der Waals surface area contributed by atoms with Crippen LogP contribution in [0.1, 0.15) is 6.42 Å². The number of nitrogen functional groups attached to an aromatic ring is 1. The van der Waals surface area contributed by atoms with E-state index in [1.165, 1.54) is 17.9 Å². The summed E-state index contributed by atoms with van der Waals surface area (Å²) < 4.78 is 0.995. The summed E-state index contributed by atoms with van der Waals surface area (Å²) in [6.45, 7) is 2.16. The van der Waals surface area contributed by atoms with Gasteiger partial charge in [0.05, 0.1) is 16.4 Å². The number of thioether (sulfide) groups is 1. The van der Waals surface area contributed by atoms with Crippen LogP contribution in [0.2, 0.25) is 0 Å². The van der Waals surface area contributed by atoms with Crippen LogP contribution >= 0.6 is 27.7 Å². The van der Waals surface area contributed by atoms with Crippen molar-refractivity contribution in [1.82, 2.24) is 4.98 Å². The lowest BCUT2D eigenvalue weighted by Gasteiger charge is -2.22. The fourth-order valence-corrected chi connectivity index (χ4v) is 3.14. The summed E-state index contributed by atoms with van der Waals surface area (Å²) in [6.07, 6.45) is 2.95. The summed E-state index contributed by atoms with van der Waals surface area (Å²) in [5.74, 6) is 3.45. The van der Waals surface area contributed by atoms with Crippen LogP contribution < -0.4 is 10.6 Å². The molecule has 0 saturated carbocycles. The number of hydrogen-bond acceptors (Lipinski definition) is 4. The summed E-state index contributed by atoms with van der Waals surface area (Å²) in [7, 11) is 0. The van der Waals surface area contributed by atoms with Crippen molar-refractivity contribution in [3.8, 4) is 0 Å². The molecule has 2 N–H and O–H groups in total. The molecule has 1 aliphatic heterocycles. The third kappa shape index (κ3) is 2.78. The van der Waals surface area contributed by atoms with E-state index < -0.39 is 0 Å². The van der Waals surface area contributed by atoms with Gasteiger partial charge in [-0.3, -0.25) is 0 Å². The Morgan fingerprint density at radius 1 is 1.40 bits per heavy atom. The molecule has 1 fully saturated rings. The Kier molecular flexibility index (Phi) is 3.75. The van der Waals surface area contributed by atoms with Crippen molar-refractivity contribution in [3.05, 3.63) is 16.7 Å². The molecular weight excluding hydrogens is 274 g/mol. The number of rotatable bonds is 1. The van der Waals surface area contributed by atoms with Crippen molar-refractivity contribution in [3.63, 3.8) is 0 Å². The molecule has 0 bridgehead atoms. The van der Waals surface area contributed by atoms with Crippen LogP contribution in [0.5, 0.6) is 0 Å². The highest BCUT2D eigenvalue weighted by atomic mass is 79.9. The van der Waals surface area contributed by atoms with E-state index in [4.69, 9.17) is 5.73 Å². The normalized spacial score (nSPS) is 17.5. The van der Waals surface area contributed by atoms with Gasteiger partial charge in [-0.15, -0.1) is 0 Å². The van der Waals surface area contributed by atoms with Crippen LogP contribution in [0.3, 0.4) is 0 Å². The van der Waals surface area contributed by atoms with E-state index in [2.05, 4.69) is 25.8 Å². The van der Waals surface area contributed by atoms with E-state index in [1.54, 1.807) is 6.20 Å². The lowest BCUT2D eigenvalue weighted by Crippen LogP contribution is -2.26. The largest absolute Gasteiger partial charge is 0.397 e. The molecule has 82 valence electrons. The molecule has 0 spiro atoms. The average Bonchev–Trinajstić information content (AvgIpc) is 2.46. The monoisotopic (exact) mass is 287 g/mol. The first kappa shape index (κ1) is 11.1. The second kappa shape index (κ2) is 5.07. The zero-order chi connectivity index (χ0) is 10.7. The molecule has 0 radical (unpaired) electrons. The summed E-state index contributed by atoms with van der Waals surface area (Å²) in [5.41, 5.74) is 6.38. The van der Waals surface area contributed by atoms with Crippen molar-refractivity contribution in [2.75, 3.05) is 35.2 Å². The zero-order valence-corrected chi connectivity index (χ0v) is 10.9. The highest BCUT2D eigenvalue weighted by Crippen LogP contribution is 2.27. The molecule has 1 aromatic rings. The molecule has 1 saturated heterocycles. The van der Waals surface area contributed by atoms with Crippen molar-refractivity contribution in [1.29, 1.82) is 0 Å². The van der Waals surface area contributed by atoms with E-state index in [0.717, 1.165) is 23.4 Å². The van der Waals surface area contributed by atoms with E-state index in [9.17, 15) is 0 Å². The first-order valence-corrected chi connectivity index (χ1v) is 6.96. The fourth-order valence-electron chi connectivity index (χ4n) is 1.64. The molecule has 1 aliphatic rings. The number of hydrogen-bond donors (Lipinski definition) is 1. The maximum Gasteiger partial charge on any atom is 0.143 e. The number of aromatic nitrogens is 1. The molecule has 2 heterocycles. The highest BCUT2D eigenvalue weighted by molar-refractivity contribution is 9.10. The van der Waals surface area contributed by atoms with E-state index in [1.807, 2.05) is 17.8 Å². The topological polar surface area (TPSA) is 42.1 Å². The molecule has 5 heteroatoms. The van der Waals surface area contributed by atoms with Crippen molar-refractivity contribution in [2.45, 2.75) is 6.42 Å². The molecule has 0 aromatic carbocycles. The van der Waals surface area contributed by atoms with Gasteiger partial charge in [-0.2, -0.15) is 11.8 Å². The van der Waals surface area contributed by atoms with Gasteiger partial charge in [-0.1, -0.05) is 0 Å². The Balaban J connectivity index is 2.19. The zero-order valence-electron chi connectivity index (χ0n) is 8.45. The van der Waals surface area contributed by atoms with Crippen LogP contribution in [0.15, 0.2) is 16.7 Å². The van der Waals surface area contributed by atoms with Gasteiger partial charge in [0, 0.05) is 18.8 Å². The Morgan fingerprint density at radius 2 is 2.27 bits per heavy atom. The molecule has 1 aromatic heterocycles. The predicted molar refractivity (Wildman–Crippen MR) is 70.5 cm³/mol. The van der Waals surface area contributed by atoms with Crippen LogP contribution in [-0.4, -0.2) is 29.6 Å². The molecule has 2 rings (SSSR count). The summed E-state index contributed by atoms with van der Waals surface area (Å²) in [5, 5.41) is 0. The van der Waals surface area contributed by atoms with Gasteiger partial charge < -0.3 is 10.6 Å². The third-order valence-electron chi connectivity index (χ3n) is 2.36. The van der Waals surface area contributed by atoms with Gasteiger partial charge in [0.25, 0.3) is 0 Å². The Hall–Kier alpha value is -0.420. The van der Waals surface area contributed by atoms with E-state index in [0.29, 0.717) is 5.69 Å². The minimum atomic E-state index is 0.704. The first-order valence-electron chi connectivity index (χ1n) is 5.01. The van der Waals surface area contributed by atoms with Crippen molar-refractivity contribution >= 4 is 39.2 Å². The quantitative estimate of drug-likeness (QED) is 0.861. The number of pyridine rings is 1. The molecule has 15 heavy (non-hydrogen) atoms. The van der Waals surface area contributed by atoms with Crippen LogP contribution in [-0.2, 0) is 0 Å². The summed E-state index contributed by atoms with van der Waals surface area (Å²) in [6, 6.07) is 1.92. The van der Waals surface area contributed by atoms with Gasteiger partial charge in [0.1, 0.15) is 5.82 Å². The number of anilines is 2. The maximum atomic E-state index is 5.67. The Labute approximate surface area is 103 Å². The summed E-state index contributed by atoms with van der Waals surface area (Å²) in [4.78, 5) is 6.71. The van der Waals surface area contributed by atoms with Crippen LogP contribution in [0.4, 0.5) is 11.5 Å². The van der Waals surface area contributed by atoms with Crippen LogP contribution in [0, 0.1) is 0 Å². The SMILES string of the molecule is Nc1cnc(N2CCCSCC2)c(Br)c1. The summed E-state index contributed by atoms with van der Waals surface area (Å²) >= 11 is 5.53. The van der Waals surface area contributed by atoms with Gasteiger partial charge in [0.15, 0.2) is 0 Å². The lowest BCUT2D eigenvalue weighted by atomic mass is 10.3. The molecule has 0 atom stereocenters. The minimum Gasteiger partial charge on any atom is -0.397 e. The maximum absolute atomic E-state index is 5.67. The van der Waals surface area contributed by atoms with Crippen molar-refractivity contribution < 1.29 is 0 Å². The number of nitrogens with two attached hydrogens (primary N) is 1. The van der Waals surface area contributed by atoms with Gasteiger partial charge in [0.2, 0.25) is 0 Å². The van der Waals surface area contributed by atoms with Crippen molar-refractivity contribution in [2.24, 2.45) is 0 Å². The second-order valence-electron chi connectivity index (χ2n) is 3.53. The molecule has 0 amide bonds. The lowest BCUT2D eigenvalue weighted by molar-refractivity contribution is 0.799.